The molecule has 0 radical (unpaired) electrons. The topological polar surface area (TPSA) is 60.0 Å². The molecule has 2 rings (SSSR count). The standard InChI is InChI=1S/C13H19N5/c1-10-12(13(14)18(3)16-10)9-17(2)8-11-4-6-15-7-5-11/h4-7H,8-9,14H2,1-3H3. The van der Waals surface area contributed by atoms with Crippen LogP contribution in [0.5, 0.6) is 0 Å². The van der Waals surface area contributed by atoms with Crippen molar-refractivity contribution in [3.63, 3.8) is 0 Å². The van der Waals surface area contributed by atoms with Crippen LogP contribution in [-0.4, -0.2) is 26.7 Å². The van der Waals surface area contributed by atoms with Crippen LogP contribution in [0.2, 0.25) is 0 Å². The average molecular weight is 245 g/mol. The van der Waals surface area contributed by atoms with E-state index in [0.717, 1.165) is 30.2 Å². The number of nitrogens with zero attached hydrogens (tertiary/aromatic N) is 4. The van der Waals surface area contributed by atoms with Crippen molar-refractivity contribution >= 4 is 5.82 Å². The Bertz CT molecular complexity index is 518. The third kappa shape index (κ3) is 2.68. The zero-order chi connectivity index (χ0) is 13.1. The second kappa shape index (κ2) is 5.18. The molecular weight excluding hydrogens is 226 g/mol. The predicted molar refractivity (Wildman–Crippen MR) is 71.8 cm³/mol. The number of aromatic nitrogens is 3. The number of nitrogen functional groups attached to an aromatic ring is 1. The molecule has 2 N–H and O–H groups in total. The van der Waals surface area contributed by atoms with Gasteiger partial charge in [-0.2, -0.15) is 5.10 Å². The van der Waals surface area contributed by atoms with Crippen molar-refractivity contribution in [1.29, 1.82) is 0 Å². The maximum Gasteiger partial charge on any atom is 0.126 e. The molecule has 2 heterocycles. The van der Waals surface area contributed by atoms with Crippen molar-refractivity contribution in [2.24, 2.45) is 7.05 Å². The Morgan fingerprint density at radius 2 is 1.94 bits per heavy atom. The number of nitrogens with two attached hydrogens (primary N) is 1. The smallest absolute Gasteiger partial charge is 0.126 e. The second-order valence-electron chi connectivity index (χ2n) is 4.60. The molecule has 0 unspecified atom stereocenters. The normalized spacial score (nSPS) is 11.1. The Kier molecular flexibility index (Phi) is 3.62. The lowest BCUT2D eigenvalue weighted by molar-refractivity contribution is 0.319. The minimum absolute atomic E-state index is 0.745. The molecule has 0 saturated carbocycles. The van der Waals surface area contributed by atoms with E-state index in [0.29, 0.717) is 0 Å². The highest BCUT2D eigenvalue weighted by molar-refractivity contribution is 5.42. The zero-order valence-corrected chi connectivity index (χ0v) is 11.1. The van der Waals surface area contributed by atoms with Crippen molar-refractivity contribution < 1.29 is 0 Å². The van der Waals surface area contributed by atoms with E-state index in [-0.39, 0.29) is 0 Å². The fraction of sp³-hybridized carbons (Fsp3) is 0.385. The molecule has 0 aliphatic carbocycles. The SMILES string of the molecule is Cc1nn(C)c(N)c1CN(C)Cc1ccncc1. The van der Waals surface area contributed by atoms with Gasteiger partial charge in [0.05, 0.1) is 5.69 Å². The number of aryl methyl sites for hydroxylation is 2. The fourth-order valence-corrected chi connectivity index (χ4v) is 2.04. The molecule has 0 aromatic carbocycles. The minimum atomic E-state index is 0.745. The highest BCUT2D eigenvalue weighted by Gasteiger charge is 2.12. The van der Waals surface area contributed by atoms with Gasteiger partial charge in [-0.05, 0) is 31.7 Å². The van der Waals surface area contributed by atoms with Crippen LogP contribution in [-0.2, 0) is 20.1 Å². The number of hydrogen-bond donors (Lipinski definition) is 1. The van der Waals surface area contributed by atoms with Crippen LogP contribution in [0.1, 0.15) is 16.8 Å². The highest BCUT2D eigenvalue weighted by Crippen LogP contribution is 2.17. The van der Waals surface area contributed by atoms with Gasteiger partial charge in [0.25, 0.3) is 0 Å². The summed E-state index contributed by atoms with van der Waals surface area (Å²) in [4.78, 5) is 6.23. The van der Waals surface area contributed by atoms with Crippen molar-refractivity contribution in [3.8, 4) is 0 Å². The lowest BCUT2D eigenvalue weighted by atomic mass is 10.2. The lowest BCUT2D eigenvalue weighted by Gasteiger charge is -2.16. The Balaban J connectivity index is 2.05. The molecule has 0 fully saturated rings. The summed E-state index contributed by atoms with van der Waals surface area (Å²) in [6, 6.07) is 4.05. The van der Waals surface area contributed by atoms with Gasteiger partial charge < -0.3 is 5.73 Å². The van der Waals surface area contributed by atoms with Crippen LogP contribution in [0.15, 0.2) is 24.5 Å². The Morgan fingerprint density at radius 1 is 1.28 bits per heavy atom. The maximum absolute atomic E-state index is 6.01. The van der Waals surface area contributed by atoms with Gasteiger partial charge >= 0.3 is 0 Å². The van der Waals surface area contributed by atoms with Gasteiger partial charge in [-0.3, -0.25) is 14.6 Å². The first-order valence-corrected chi connectivity index (χ1v) is 5.93. The van der Waals surface area contributed by atoms with E-state index in [1.807, 2.05) is 38.5 Å². The Hall–Kier alpha value is -1.88. The van der Waals surface area contributed by atoms with Gasteiger partial charge in [-0.15, -0.1) is 0 Å². The van der Waals surface area contributed by atoms with Crippen molar-refractivity contribution in [2.45, 2.75) is 20.0 Å². The molecule has 0 atom stereocenters. The summed E-state index contributed by atoms with van der Waals surface area (Å²) in [5.74, 6) is 0.745. The van der Waals surface area contributed by atoms with E-state index in [1.165, 1.54) is 5.56 Å². The molecular formula is C13H19N5. The number of anilines is 1. The van der Waals surface area contributed by atoms with Gasteiger partial charge in [-0.1, -0.05) is 0 Å². The van der Waals surface area contributed by atoms with E-state index >= 15 is 0 Å². The predicted octanol–water partition coefficient (Wildman–Crippen LogP) is 1.34. The molecule has 2 aromatic heterocycles. The summed E-state index contributed by atoms with van der Waals surface area (Å²) < 4.78 is 1.73. The van der Waals surface area contributed by atoms with Crippen LogP contribution in [0, 0.1) is 6.92 Å². The van der Waals surface area contributed by atoms with E-state index in [1.54, 1.807) is 4.68 Å². The van der Waals surface area contributed by atoms with Crippen LogP contribution in [0.3, 0.4) is 0 Å². The van der Waals surface area contributed by atoms with E-state index in [2.05, 4.69) is 22.0 Å². The summed E-state index contributed by atoms with van der Waals surface area (Å²) in [5, 5.41) is 4.33. The summed E-state index contributed by atoms with van der Waals surface area (Å²) in [6.07, 6.45) is 3.62. The molecule has 0 amide bonds. The summed E-state index contributed by atoms with van der Waals surface area (Å²) in [6.45, 7) is 3.66. The van der Waals surface area contributed by atoms with E-state index in [4.69, 9.17) is 5.73 Å². The molecule has 0 bridgehead atoms. The first kappa shape index (κ1) is 12.6. The van der Waals surface area contributed by atoms with Crippen LogP contribution in [0.25, 0.3) is 0 Å². The van der Waals surface area contributed by atoms with E-state index in [9.17, 15) is 0 Å². The first-order chi connectivity index (χ1) is 8.58. The molecule has 18 heavy (non-hydrogen) atoms. The maximum atomic E-state index is 6.01. The molecule has 5 heteroatoms. The fourth-order valence-electron chi connectivity index (χ4n) is 2.04. The van der Waals surface area contributed by atoms with Crippen LogP contribution < -0.4 is 5.73 Å². The monoisotopic (exact) mass is 245 g/mol. The number of rotatable bonds is 4. The van der Waals surface area contributed by atoms with Crippen LogP contribution in [0.4, 0.5) is 5.82 Å². The molecule has 0 saturated heterocycles. The van der Waals surface area contributed by atoms with Crippen molar-refractivity contribution in [2.75, 3.05) is 12.8 Å². The van der Waals surface area contributed by atoms with Gasteiger partial charge in [0.2, 0.25) is 0 Å². The second-order valence-corrected chi connectivity index (χ2v) is 4.60. The van der Waals surface area contributed by atoms with Gasteiger partial charge in [0.1, 0.15) is 5.82 Å². The number of hydrogen-bond acceptors (Lipinski definition) is 4. The highest BCUT2D eigenvalue weighted by atomic mass is 15.3. The Morgan fingerprint density at radius 3 is 2.50 bits per heavy atom. The minimum Gasteiger partial charge on any atom is -0.384 e. The zero-order valence-electron chi connectivity index (χ0n) is 11.1. The molecule has 0 aliphatic rings. The van der Waals surface area contributed by atoms with E-state index < -0.39 is 0 Å². The van der Waals surface area contributed by atoms with Crippen molar-refractivity contribution in [1.82, 2.24) is 19.7 Å². The van der Waals surface area contributed by atoms with Gasteiger partial charge in [0, 0.05) is 38.1 Å². The molecule has 0 spiro atoms. The summed E-state index contributed by atoms with van der Waals surface area (Å²) in [7, 11) is 3.95. The first-order valence-electron chi connectivity index (χ1n) is 5.93. The van der Waals surface area contributed by atoms with Crippen LogP contribution >= 0.6 is 0 Å². The molecule has 0 aliphatic heterocycles. The van der Waals surface area contributed by atoms with Gasteiger partial charge in [-0.25, -0.2) is 0 Å². The largest absolute Gasteiger partial charge is 0.384 e. The number of pyridine rings is 1. The summed E-state index contributed by atoms with van der Waals surface area (Å²) in [5.41, 5.74) is 9.35. The lowest BCUT2D eigenvalue weighted by Crippen LogP contribution is -2.18. The molecule has 2 aromatic rings. The molecule has 5 nitrogen and oxygen atoms in total. The average Bonchev–Trinajstić information content (AvgIpc) is 2.57. The Labute approximate surface area is 107 Å². The van der Waals surface area contributed by atoms with Crippen molar-refractivity contribution in [3.05, 3.63) is 41.3 Å². The quantitative estimate of drug-likeness (QED) is 0.883. The van der Waals surface area contributed by atoms with Gasteiger partial charge in [0.15, 0.2) is 0 Å². The third-order valence-electron chi connectivity index (χ3n) is 3.02. The molecule has 96 valence electrons. The summed E-state index contributed by atoms with van der Waals surface area (Å²) >= 11 is 0. The third-order valence-corrected chi connectivity index (χ3v) is 3.02.